The molecule has 2 heterocycles. The maximum atomic E-state index is 6.33. The molecule has 5 nitrogen and oxygen atoms in total. The fourth-order valence-corrected chi connectivity index (χ4v) is 2.65. The van der Waals surface area contributed by atoms with Crippen molar-refractivity contribution >= 4 is 29.1 Å². The molecule has 0 amide bonds. The lowest BCUT2D eigenvalue weighted by molar-refractivity contribution is 0.876. The lowest BCUT2D eigenvalue weighted by atomic mass is 10.2. The Kier molecular flexibility index (Phi) is 5.14. The number of anilines is 3. The molecular weight excluding hydrogens is 334 g/mol. The molecule has 0 radical (unpaired) electrons. The summed E-state index contributed by atoms with van der Waals surface area (Å²) in [5, 5.41) is 7.19. The minimum absolute atomic E-state index is 0.225. The molecule has 2 N–H and O–H groups in total. The van der Waals surface area contributed by atoms with Crippen molar-refractivity contribution in [2.75, 3.05) is 10.6 Å². The zero-order valence-corrected chi connectivity index (χ0v) is 15.2. The van der Waals surface area contributed by atoms with E-state index in [4.69, 9.17) is 11.6 Å². The number of pyridine rings is 1. The second kappa shape index (κ2) is 7.49. The first-order valence-corrected chi connectivity index (χ1v) is 8.48. The molecule has 0 aliphatic heterocycles. The van der Waals surface area contributed by atoms with Gasteiger partial charge in [-0.15, -0.1) is 0 Å². The van der Waals surface area contributed by atoms with Gasteiger partial charge in [-0.3, -0.25) is 4.98 Å². The van der Waals surface area contributed by atoms with Crippen molar-refractivity contribution in [3.63, 3.8) is 0 Å². The van der Waals surface area contributed by atoms with Crippen molar-refractivity contribution in [2.24, 2.45) is 0 Å². The Hall–Kier alpha value is -2.66. The summed E-state index contributed by atoms with van der Waals surface area (Å²) in [6.07, 6.45) is 3.49. The Balaban J connectivity index is 2.00. The molecule has 3 aromatic rings. The Morgan fingerprint density at radius 1 is 1.00 bits per heavy atom. The number of hydrogen-bond acceptors (Lipinski definition) is 5. The minimum atomic E-state index is 0.225. The summed E-state index contributed by atoms with van der Waals surface area (Å²) in [5.41, 5.74) is 3.70. The highest BCUT2D eigenvalue weighted by Crippen LogP contribution is 2.28. The van der Waals surface area contributed by atoms with E-state index in [0.29, 0.717) is 16.8 Å². The maximum absolute atomic E-state index is 6.33. The molecular formula is C19H20ClN5. The third-order valence-corrected chi connectivity index (χ3v) is 3.82. The molecule has 1 aromatic carbocycles. The van der Waals surface area contributed by atoms with Crippen LogP contribution < -0.4 is 10.6 Å². The van der Waals surface area contributed by atoms with Crippen molar-refractivity contribution < 1.29 is 0 Å². The van der Waals surface area contributed by atoms with E-state index in [1.807, 2.05) is 57.2 Å². The lowest BCUT2D eigenvalue weighted by Crippen LogP contribution is -2.13. The Morgan fingerprint density at radius 3 is 2.44 bits per heavy atom. The average Bonchev–Trinajstić information content (AvgIpc) is 2.57. The molecule has 0 saturated heterocycles. The van der Waals surface area contributed by atoms with Gasteiger partial charge in [0.05, 0.1) is 16.4 Å². The van der Waals surface area contributed by atoms with Gasteiger partial charge in [0.15, 0.2) is 0 Å². The van der Waals surface area contributed by atoms with Crippen molar-refractivity contribution in [3.05, 3.63) is 59.4 Å². The number of aromatic nitrogens is 3. The van der Waals surface area contributed by atoms with Gasteiger partial charge >= 0.3 is 0 Å². The molecule has 0 atom stereocenters. The van der Waals surface area contributed by atoms with Gasteiger partial charge in [0.25, 0.3) is 0 Å². The van der Waals surface area contributed by atoms with E-state index in [0.717, 1.165) is 22.5 Å². The zero-order chi connectivity index (χ0) is 17.8. The number of aryl methyl sites for hydroxylation is 1. The highest BCUT2D eigenvalue weighted by atomic mass is 35.5. The van der Waals surface area contributed by atoms with Crippen LogP contribution in [0.15, 0.2) is 48.8 Å². The fourth-order valence-electron chi connectivity index (χ4n) is 2.36. The number of nitrogens with zero attached hydrogens (tertiary/aromatic N) is 3. The molecule has 0 bridgehead atoms. The molecule has 6 heteroatoms. The fraction of sp³-hybridized carbons (Fsp3) is 0.211. The normalized spacial score (nSPS) is 10.8. The second-order valence-electron chi connectivity index (χ2n) is 6.11. The van der Waals surface area contributed by atoms with E-state index in [1.54, 1.807) is 12.4 Å². The SMILES string of the molecule is Cc1ccc(Nc2cc(-c3ccncc3)nc(NC(C)C)n2)c(Cl)c1. The van der Waals surface area contributed by atoms with Crippen molar-refractivity contribution in [2.45, 2.75) is 26.8 Å². The molecule has 25 heavy (non-hydrogen) atoms. The van der Waals surface area contributed by atoms with Gasteiger partial charge in [0, 0.05) is 30.1 Å². The summed E-state index contributed by atoms with van der Waals surface area (Å²) in [6.45, 7) is 6.10. The van der Waals surface area contributed by atoms with Gasteiger partial charge in [-0.05, 0) is 50.6 Å². The summed E-state index contributed by atoms with van der Waals surface area (Å²) in [4.78, 5) is 13.2. The van der Waals surface area contributed by atoms with E-state index < -0.39 is 0 Å². The van der Waals surface area contributed by atoms with Crippen LogP contribution >= 0.6 is 11.6 Å². The van der Waals surface area contributed by atoms with Crippen LogP contribution in [0.2, 0.25) is 5.02 Å². The summed E-state index contributed by atoms with van der Waals surface area (Å²) < 4.78 is 0. The van der Waals surface area contributed by atoms with Gasteiger partial charge in [-0.25, -0.2) is 4.98 Å². The van der Waals surface area contributed by atoms with Crippen LogP contribution in [0, 0.1) is 6.92 Å². The molecule has 3 rings (SSSR count). The number of benzene rings is 1. The van der Waals surface area contributed by atoms with Crippen LogP contribution in [0.5, 0.6) is 0 Å². The van der Waals surface area contributed by atoms with Crippen LogP contribution in [-0.2, 0) is 0 Å². The van der Waals surface area contributed by atoms with Gasteiger partial charge in [-0.1, -0.05) is 17.7 Å². The summed E-state index contributed by atoms with van der Waals surface area (Å²) in [6, 6.07) is 11.8. The summed E-state index contributed by atoms with van der Waals surface area (Å²) in [5.74, 6) is 1.24. The molecule has 0 aliphatic carbocycles. The van der Waals surface area contributed by atoms with E-state index in [1.165, 1.54) is 0 Å². The summed E-state index contributed by atoms with van der Waals surface area (Å²) >= 11 is 6.33. The zero-order valence-electron chi connectivity index (χ0n) is 14.4. The lowest BCUT2D eigenvalue weighted by Gasteiger charge is -2.14. The first-order chi connectivity index (χ1) is 12.0. The van der Waals surface area contributed by atoms with Crippen LogP contribution in [0.4, 0.5) is 17.5 Å². The van der Waals surface area contributed by atoms with Crippen LogP contribution in [-0.4, -0.2) is 21.0 Å². The smallest absolute Gasteiger partial charge is 0.225 e. The first kappa shape index (κ1) is 17.2. The van der Waals surface area contributed by atoms with Crippen molar-refractivity contribution in [3.8, 4) is 11.3 Å². The molecule has 0 aliphatic rings. The van der Waals surface area contributed by atoms with Crippen molar-refractivity contribution in [1.29, 1.82) is 0 Å². The van der Waals surface area contributed by atoms with E-state index in [9.17, 15) is 0 Å². The molecule has 0 spiro atoms. The Labute approximate surface area is 152 Å². The monoisotopic (exact) mass is 353 g/mol. The molecule has 0 fully saturated rings. The Bertz CT molecular complexity index is 865. The van der Waals surface area contributed by atoms with Crippen LogP contribution in [0.25, 0.3) is 11.3 Å². The van der Waals surface area contributed by atoms with Crippen LogP contribution in [0.1, 0.15) is 19.4 Å². The molecule has 128 valence electrons. The Morgan fingerprint density at radius 2 is 1.76 bits per heavy atom. The van der Waals surface area contributed by atoms with Gasteiger partial charge in [0.2, 0.25) is 5.95 Å². The average molecular weight is 354 g/mol. The van der Waals surface area contributed by atoms with Crippen LogP contribution in [0.3, 0.4) is 0 Å². The number of nitrogens with one attached hydrogen (secondary N) is 2. The quantitative estimate of drug-likeness (QED) is 0.671. The predicted molar refractivity (Wildman–Crippen MR) is 103 cm³/mol. The third-order valence-electron chi connectivity index (χ3n) is 3.51. The number of halogens is 1. The van der Waals surface area contributed by atoms with Gasteiger partial charge < -0.3 is 10.6 Å². The second-order valence-corrected chi connectivity index (χ2v) is 6.51. The molecule has 0 saturated carbocycles. The highest BCUT2D eigenvalue weighted by molar-refractivity contribution is 6.33. The topological polar surface area (TPSA) is 62.7 Å². The molecule has 0 unspecified atom stereocenters. The number of hydrogen-bond donors (Lipinski definition) is 2. The maximum Gasteiger partial charge on any atom is 0.225 e. The minimum Gasteiger partial charge on any atom is -0.352 e. The standard InChI is InChI=1S/C19H20ClN5/c1-12(2)22-19-24-17(14-6-8-21-9-7-14)11-18(25-19)23-16-5-4-13(3)10-15(16)20/h4-12H,1-3H3,(H2,22,23,24,25). The highest BCUT2D eigenvalue weighted by Gasteiger charge is 2.09. The summed E-state index contributed by atoms with van der Waals surface area (Å²) in [7, 11) is 0. The van der Waals surface area contributed by atoms with E-state index >= 15 is 0 Å². The van der Waals surface area contributed by atoms with Gasteiger partial charge in [0.1, 0.15) is 5.82 Å². The molecule has 2 aromatic heterocycles. The van der Waals surface area contributed by atoms with Crippen molar-refractivity contribution in [1.82, 2.24) is 15.0 Å². The van der Waals surface area contributed by atoms with E-state index in [-0.39, 0.29) is 6.04 Å². The number of rotatable bonds is 5. The van der Waals surface area contributed by atoms with E-state index in [2.05, 4.69) is 25.6 Å². The van der Waals surface area contributed by atoms with Gasteiger partial charge in [-0.2, -0.15) is 4.98 Å². The largest absolute Gasteiger partial charge is 0.352 e. The first-order valence-electron chi connectivity index (χ1n) is 8.10. The third kappa shape index (κ3) is 4.45. The predicted octanol–water partition coefficient (Wildman–Crippen LogP) is 5.06.